The Labute approximate surface area is 185 Å². The minimum Gasteiger partial charge on any atom is -0.386 e. The highest BCUT2D eigenvalue weighted by Gasteiger charge is 2.49. The maximum absolute atomic E-state index is 14.8. The van der Waals surface area contributed by atoms with E-state index in [1.165, 1.54) is 24.4 Å². The first-order valence-corrected chi connectivity index (χ1v) is 11.2. The van der Waals surface area contributed by atoms with Crippen molar-refractivity contribution in [2.45, 2.75) is 31.1 Å². The van der Waals surface area contributed by atoms with Gasteiger partial charge in [0.05, 0.1) is 16.3 Å². The molecule has 2 aromatic rings. The minimum atomic E-state index is -3.24. The molecule has 0 aliphatic carbocycles. The van der Waals surface area contributed by atoms with Crippen LogP contribution in [0.2, 0.25) is 5.02 Å². The van der Waals surface area contributed by atoms with Crippen LogP contribution in [0.1, 0.15) is 43.2 Å². The van der Waals surface area contributed by atoms with Crippen LogP contribution in [0.3, 0.4) is 0 Å². The van der Waals surface area contributed by atoms with Gasteiger partial charge in [0.2, 0.25) is 0 Å². The monoisotopic (exact) mass is 466 g/mol. The number of amidine groups is 1. The molecule has 10 heteroatoms. The van der Waals surface area contributed by atoms with Crippen LogP contribution >= 0.6 is 22.2 Å². The Hall–Kier alpha value is -2.51. The highest BCUT2D eigenvalue weighted by Crippen LogP contribution is 2.59. The highest BCUT2D eigenvalue weighted by atomic mass is 35.5. The predicted molar refractivity (Wildman–Crippen MR) is 120 cm³/mol. The zero-order valence-electron chi connectivity index (χ0n) is 17.0. The second kappa shape index (κ2) is 7.88. The van der Waals surface area contributed by atoms with Crippen molar-refractivity contribution in [2.75, 3.05) is 5.75 Å². The molecule has 0 saturated carbocycles. The van der Waals surface area contributed by atoms with Crippen molar-refractivity contribution in [3.8, 4) is 6.07 Å². The quantitative estimate of drug-likeness (QED) is 0.565. The molecule has 0 fully saturated rings. The Bertz CT molecular complexity index is 1160. The van der Waals surface area contributed by atoms with E-state index in [2.05, 4.69) is 9.98 Å². The first-order valence-electron chi connectivity index (χ1n) is 9.15. The molecule has 2 heterocycles. The van der Waals surface area contributed by atoms with Gasteiger partial charge in [-0.3, -0.25) is 19.1 Å². The predicted octanol–water partition coefficient (Wildman–Crippen LogP) is 5.33. The van der Waals surface area contributed by atoms with Crippen molar-refractivity contribution in [1.82, 2.24) is 4.98 Å². The molecule has 1 aliphatic heterocycles. The molecule has 1 aromatic carbocycles. The summed E-state index contributed by atoms with van der Waals surface area (Å²) in [5, 5.41) is 8.83. The van der Waals surface area contributed by atoms with Gasteiger partial charge in [-0.25, -0.2) is 8.78 Å². The molecule has 0 amide bonds. The van der Waals surface area contributed by atoms with Crippen molar-refractivity contribution < 1.29 is 17.9 Å². The van der Waals surface area contributed by atoms with Gasteiger partial charge in [0, 0.05) is 11.8 Å². The minimum absolute atomic E-state index is 0.00124. The third-order valence-corrected chi connectivity index (χ3v) is 8.44. The fourth-order valence-electron chi connectivity index (χ4n) is 3.25. The topological polar surface area (TPSA) is 116 Å². The lowest BCUT2D eigenvalue weighted by Crippen LogP contribution is -2.52. The number of nitriles is 1. The van der Waals surface area contributed by atoms with Gasteiger partial charge in [0.15, 0.2) is 5.83 Å². The van der Waals surface area contributed by atoms with Crippen molar-refractivity contribution in [2.24, 2.45) is 10.7 Å². The lowest BCUT2D eigenvalue weighted by Gasteiger charge is -2.53. The SMILES string of the molecule is CC1(c2cc(C=C(F)c3ncc(C#N)cc3Cl)ccc2F)CS(O)(O)C(C)(C)C(N)=N1. The normalized spacial score (nSPS) is 23.6. The Kier molecular flexibility index (Phi) is 5.88. The van der Waals surface area contributed by atoms with Crippen molar-refractivity contribution >= 4 is 39.9 Å². The van der Waals surface area contributed by atoms with Gasteiger partial charge in [0.1, 0.15) is 33.7 Å². The van der Waals surface area contributed by atoms with Crippen molar-refractivity contribution in [3.63, 3.8) is 0 Å². The number of aromatic nitrogens is 1. The number of benzene rings is 1. The lowest BCUT2D eigenvalue weighted by atomic mass is 9.91. The lowest BCUT2D eigenvalue weighted by molar-refractivity contribution is 0.416. The molecule has 0 radical (unpaired) electrons. The van der Waals surface area contributed by atoms with Crippen LogP contribution in [-0.4, -0.2) is 30.4 Å². The number of halogens is 3. The number of aliphatic imine (C=N–C) groups is 1. The molecule has 164 valence electrons. The number of hydrogen-bond donors (Lipinski definition) is 3. The Morgan fingerprint density at radius 2 is 2.00 bits per heavy atom. The molecule has 0 spiro atoms. The summed E-state index contributed by atoms with van der Waals surface area (Å²) in [6.45, 7) is 4.69. The number of nitrogens with two attached hydrogens (primary N) is 1. The molecule has 1 atom stereocenters. The number of pyridine rings is 1. The zero-order valence-corrected chi connectivity index (χ0v) is 18.6. The van der Waals surface area contributed by atoms with Crippen LogP contribution < -0.4 is 5.73 Å². The summed E-state index contributed by atoms with van der Waals surface area (Å²) >= 11 is 6.00. The molecule has 1 unspecified atom stereocenters. The molecule has 0 saturated heterocycles. The molecule has 4 N–H and O–H groups in total. The summed E-state index contributed by atoms with van der Waals surface area (Å²) in [4.78, 5) is 8.24. The molecule has 6 nitrogen and oxygen atoms in total. The van der Waals surface area contributed by atoms with E-state index in [4.69, 9.17) is 22.6 Å². The summed E-state index contributed by atoms with van der Waals surface area (Å²) in [7, 11) is -3.24. The van der Waals surface area contributed by atoms with Crippen LogP contribution in [0.15, 0.2) is 35.5 Å². The third kappa shape index (κ3) is 4.16. The van der Waals surface area contributed by atoms with Crippen molar-refractivity contribution in [1.29, 1.82) is 5.26 Å². The molecular formula is C21H21ClF2N4O2S. The molecule has 31 heavy (non-hydrogen) atoms. The van der Waals surface area contributed by atoms with E-state index in [0.717, 1.165) is 12.1 Å². The maximum Gasteiger partial charge on any atom is 0.150 e. The van der Waals surface area contributed by atoms with E-state index in [1.807, 2.05) is 6.07 Å². The van der Waals surface area contributed by atoms with Gasteiger partial charge in [-0.2, -0.15) is 15.9 Å². The van der Waals surface area contributed by atoms with Crippen LogP contribution in [0.25, 0.3) is 11.9 Å². The summed E-state index contributed by atoms with van der Waals surface area (Å²) in [6.07, 6.45) is 2.31. The number of hydrogen-bond acceptors (Lipinski definition) is 6. The second-order valence-electron chi connectivity index (χ2n) is 7.99. The summed E-state index contributed by atoms with van der Waals surface area (Å²) in [5.74, 6) is -1.65. The van der Waals surface area contributed by atoms with Crippen LogP contribution in [0.5, 0.6) is 0 Å². The Balaban J connectivity index is 2.06. The summed E-state index contributed by atoms with van der Waals surface area (Å²) in [6, 6.07) is 7.03. The van der Waals surface area contributed by atoms with E-state index < -0.39 is 32.5 Å². The molecule has 1 aromatic heterocycles. The zero-order chi connectivity index (χ0) is 23.2. The first kappa shape index (κ1) is 23.2. The van der Waals surface area contributed by atoms with E-state index in [1.54, 1.807) is 20.8 Å². The second-order valence-corrected chi connectivity index (χ2v) is 11.0. The third-order valence-electron chi connectivity index (χ3n) is 5.34. The van der Waals surface area contributed by atoms with Crippen molar-refractivity contribution in [3.05, 3.63) is 63.7 Å². The average Bonchev–Trinajstić information content (AvgIpc) is 2.67. The van der Waals surface area contributed by atoms with Gasteiger partial charge < -0.3 is 5.73 Å². The van der Waals surface area contributed by atoms with E-state index in [9.17, 15) is 17.9 Å². The van der Waals surface area contributed by atoms with Gasteiger partial charge in [-0.05, 0) is 50.6 Å². The fourth-order valence-corrected chi connectivity index (χ4v) is 5.25. The highest BCUT2D eigenvalue weighted by molar-refractivity contribution is 8.26. The Morgan fingerprint density at radius 1 is 1.32 bits per heavy atom. The standard InChI is InChI=1S/C21H21ClF2N4O2S/c1-20(2)19(26)28-21(3,11-31(20,29)30)14-6-12(4-5-16(14)23)8-17(24)18-15(22)7-13(9-25)10-27-18/h4-8,10,29-30H,11H2,1-3H3,(H2,26,28). The van der Waals surface area contributed by atoms with Crippen LogP contribution in [0, 0.1) is 17.1 Å². The number of rotatable bonds is 3. The number of nitrogens with zero attached hydrogens (tertiary/aromatic N) is 3. The smallest absolute Gasteiger partial charge is 0.150 e. The van der Waals surface area contributed by atoms with Gasteiger partial charge in [-0.1, -0.05) is 17.7 Å². The molecule has 3 rings (SSSR count). The van der Waals surface area contributed by atoms with E-state index >= 15 is 0 Å². The largest absolute Gasteiger partial charge is 0.386 e. The fraction of sp³-hybridized carbons (Fsp3) is 0.286. The van der Waals surface area contributed by atoms with E-state index in [-0.39, 0.29) is 39.0 Å². The Morgan fingerprint density at radius 3 is 2.58 bits per heavy atom. The summed E-state index contributed by atoms with van der Waals surface area (Å²) < 4.78 is 49.6. The molecule has 0 bridgehead atoms. The average molecular weight is 467 g/mol. The molecular weight excluding hydrogens is 446 g/mol. The van der Waals surface area contributed by atoms with Crippen LogP contribution in [0.4, 0.5) is 8.78 Å². The van der Waals surface area contributed by atoms with Crippen LogP contribution in [-0.2, 0) is 5.54 Å². The van der Waals surface area contributed by atoms with E-state index in [0.29, 0.717) is 0 Å². The maximum atomic E-state index is 14.8. The summed E-state index contributed by atoms with van der Waals surface area (Å²) in [5.41, 5.74) is 5.00. The first-order chi connectivity index (χ1) is 14.3. The van der Waals surface area contributed by atoms with Gasteiger partial charge in [-0.15, -0.1) is 0 Å². The van der Waals surface area contributed by atoms with Gasteiger partial charge >= 0.3 is 0 Å². The molecule has 1 aliphatic rings. The van der Waals surface area contributed by atoms with Gasteiger partial charge in [0.25, 0.3) is 0 Å².